The minimum Gasteiger partial charge on any atom is -0.485 e. The number of ether oxygens (including phenoxy) is 1. The molecule has 3 aromatic rings. The number of aryl methyl sites for hydroxylation is 1. The molecule has 3 atom stereocenters. The maximum Gasteiger partial charge on any atom is 0.255 e. The number of carbonyl (C=O) groups is 4. The molecular weight excluding hydrogens is 652 g/mol. The molecule has 5 rings (SSSR count). The van der Waals surface area contributed by atoms with Crippen molar-refractivity contribution in [2.24, 2.45) is 5.92 Å². The van der Waals surface area contributed by atoms with Gasteiger partial charge < -0.3 is 29.7 Å². The number of rotatable bonds is 4. The molecule has 14 heteroatoms. The highest BCUT2D eigenvalue weighted by molar-refractivity contribution is 6.00. The second-order valence-electron chi connectivity index (χ2n) is 13.8. The molecule has 1 fully saturated rings. The van der Waals surface area contributed by atoms with Crippen LogP contribution in [0.3, 0.4) is 0 Å². The Balaban J connectivity index is 1.39. The molecule has 2 N–H and O–H groups in total. The topological polar surface area (TPSA) is 173 Å². The number of aromatic nitrogens is 4. The van der Waals surface area contributed by atoms with Crippen molar-refractivity contribution < 1.29 is 28.4 Å². The predicted octanol–water partition coefficient (Wildman–Crippen LogP) is 3.66. The summed E-state index contributed by atoms with van der Waals surface area (Å²) in [6, 6.07) is 4.30. The van der Waals surface area contributed by atoms with Gasteiger partial charge in [-0.3, -0.25) is 29.1 Å². The summed E-state index contributed by atoms with van der Waals surface area (Å²) in [5.74, 6) is -0.110. The summed E-state index contributed by atoms with van der Waals surface area (Å²) in [5.41, 5.74) is 0.841. The molecular formula is C37H50N8O6. The van der Waals surface area contributed by atoms with E-state index in [1.54, 1.807) is 54.8 Å². The zero-order chi connectivity index (χ0) is 36.2. The van der Waals surface area contributed by atoms with Crippen LogP contribution in [0.25, 0.3) is 0 Å². The van der Waals surface area contributed by atoms with E-state index in [2.05, 4.69) is 30.7 Å². The van der Waals surface area contributed by atoms with Gasteiger partial charge in [0.25, 0.3) is 5.91 Å². The first-order valence-corrected chi connectivity index (χ1v) is 18.1. The second kappa shape index (κ2) is 18.4. The summed E-state index contributed by atoms with van der Waals surface area (Å²) in [7, 11) is 1.61. The van der Waals surface area contributed by atoms with Crippen LogP contribution in [-0.2, 0) is 33.8 Å². The minimum absolute atomic E-state index is 0.0155. The summed E-state index contributed by atoms with van der Waals surface area (Å²) in [6.07, 6.45) is 12.7. The van der Waals surface area contributed by atoms with E-state index in [1.165, 1.54) is 4.90 Å². The Hall–Kier alpha value is -4.88. The van der Waals surface area contributed by atoms with Crippen LogP contribution in [-0.4, -0.2) is 91.8 Å². The fourth-order valence-electron chi connectivity index (χ4n) is 6.65. The van der Waals surface area contributed by atoms with Gasteiger partial charge in [-0.15, -0.1) is 0 Å². The van der Waals surface area contributed by atoms with Gasteiger partial charge in [0, 0.05) is 51.6 Å². The van der Waals surface area contributed by atoms with Gasteiger partial charge in [-0.1, -0.05) is 56.8 Å². The molecule has 4 heterocycles. The van der Waals surface area contributed by atoms with Gasteiger partial charge >= 0.3 is 0 Å². The second-order valence-corrected chi connectivity index (χ2v) is 13.8. The molecule has 0 radical (unpaired) electrons. The van der Waals surface area contributed by atoms with Crippen LogP contribution in [0.2, 0.25) is 0 Å². The Bertz CT molecular complexity index is 1610. The summed E-state index contributed by atoms with van der Waals surface area (Å²) in [4.78, 5) is 71.7. The third kappa shape index (κ3) is 10.3. The zero-order valence-corrected chi connectivity index (χ0v) is 29.9. The smallest absolute Gasteiger partial charge is 0.255 e. The van der Waals surface area contributed by atoms with Crippen LogP contribution in [0.4, 0.5) is 0 Å². The van der Waals surface area contributed by atoms with Gasteiger partial charge in [-0.2, -0.15) is 4.98 Å². The van der Waals surface area contributed by atoms with Crippen LogP contribution in [0.5, 0.6) is 5.75 Å². The van der Waals surface area contributed by atoms with Gasteiger partial charge in [0.05, 0.1) is 11.3 Å². The van der Waals surface area contributed by atoms with Crippen LogP contribution >= 0.6 is 0 Å². The highest BCUT2D eigenvalue weighted by Gasteiger charge is 2.41. The van der Waals surface area contributed by atoms with Crippen LogP contribution in [0.15, 0.2) is 47.4 Å². The molecule has 0 unspecified atom stereocenters. The number of hydrogen-bond acceptors (Lipinski definition) is 10. The fourth-order valence-corrected chi connectivity index (χ4v) is 6.65. The van der Waals surface area contributed by atoms with Crippen LogP contribution in [0, 0.1) is 5.92 Å². The van der Waals surface area contributed by atoms with Crippen molar-refractivity contribution in [1.29, 1.82) is 0 Å². The van der Waals surface area contributed by atoms with Gasteiger partial charge in [0.2, 0.25) is 29.4 Å². The van der Waals surface area contributed by atoms with Gasteiger partial charge in [-0.25, -0.2) is 0 Å². The summed E-state index contributed by atoms with van der Waals surface area (Å²) < 4.78 is 11.4. The number of amides is 4. The largest absolute Gasteiger partial charge is 0.485 e. The third-order valence-electron chi connectivity index (χ3n) is 9.38. The first-order valence-electron chi connectivity index (χ1n) is 18.1. The Kier molecular flexibility index (Phi) is 13.5. The third-order valence-corrected chi connectivity index (χ3v) is 9.38. The van der Waals surface area contributed by atoms with Crippen molar-refractivity contribution in [2.75, 3.05) is 20.1 Å². The van der Waals surface area contributed by atoms with Crippen molar-refractivity contribution in [3.63, 3.8) is 0 Å². The maximum absolute atomic E-state index is 14.2. The number of para-hydroxylation sites is 1. The van der Waals surface area contributed by atoms with E-state index in [0.717, 1.165) is 38.5 Å². The summed E-state index contributed by atoms with van der Waals surface area (Å²) in [5, 5.41) is 10.0. The molecule has 0 saturated carbocycles. The monoisotopic (exact) mass is 702 g/mol. The normalized spacial score (nSPS) is 22.2. The van der Waals surface area contributed by atoms with Gasteiger partial charge in [0.1, 0.15) is 23.9 Å². The van der Waals surface area contributed by atoms with Crippen LogP contribution < -0.4 is 15.4 Å². The SMILES string of the molecule is CC(C)C[C@H]1NC(=O)c2ccccc2OCc2noc(n2)CCCCCCCCNC(=O)[C@H](Cc2cnccn2)N(C)C(=O)[C@H]2CCCN2C1=O. The van der Waals surface area contributed by atoms with Crippen molar-refractivity contribution in [2.45, 2.75) is 109 Å². The first kappa shape index (κ1) is 37.4. The van der Waals surface area contributed by atoms with Gasteiger partial charge in [0.15, 0.2) is 6.61 Å². The number of fused-ring (bicyclic) bond motifs is 4. The molecule has 4 amide bonds. The Labute approximate surface area is 299 Å². The molecule has 2 aliphatic heterocycles. The van der Waals surface area contributed by atoms with E-state index in [1.807, 2.05) is 13.8 Å². The van der Waals surface area contributed by atoms with Crippen molar-refractivity contribution in [1.82, 2.24) is 40.5 Å². The van der Waals surface area contributed by atoms with E-state index >= 15 is 0 Å². The molecule has 2 aliphatic rings. The van der Waals surface area contributed by atoms with Gasteiger partial charge in [-0.05, 0) is 50.2 Å². The van der Waals surface area contributed by atoms with Crippen molar-refractivity contribution in [3.8, 4) is 5.75 Å². The number of carbonyl (C=O) groups excluding carboxylic acids is 4. The molecule has 0 aliphatic carbocycles. The average molecular weight is 703 g/mol. The number of nitrogens with zero attached hydrogens (tertiary/aromatic N) is 6. The van der Waals surface area contributed by atoms with Crippen molar-refractivity contribution in [3.05, 3.63) is 65.8 Å². The van der Waals surface area contributed by atoms with E-state index in [9.17, 15) is 19.2 Å². The van der Waals surface area contributed by atoms with Crippen molar-refractivity contribution >= 4 is 23.6 Å². The van der Waals surface area contributed by atoms with Crippen LogP contribution in [0.1, 0.15) is 99.4 Å². The summed E-state index contributed by atoms with van der Waals surface area (Å²) in [6.45, 7) is 4.81. The molecule has 274 valence electrons. The molecule has 1 saturated heterocycles. The molecule has 2 aromatic heterocycles. The number of likely N-dealkylation sites (N-methyl/N-ethyl adjacent to an activating group) is 1. The van der Waals surface area contributed by atoms with E-state index in [-0.39, 0.29) is 42.2 Å². The average Bonchev–Trinajstić information content (AvgIpc) is 3.81. The highest BCUT2D eigenvalue weighted by Crippen LogP contribution is 2.25. The van der Waals surface area contributed by atoms with E-state index < -0.39 is 24.0 Å². The number of hydrogen-bond donors (Lipinski definition) is 2. The van der Waals surface area contributed by atoms with E-state index in [0.29, 0.717) is 61.9 Å². The lowest BCUT2D eigenvalue weighted by Gasteiger charge is -2.34. The number of benzene rings is 1. The number of nitrogens with one attached hydrogen (secondary N) is 2. The molecule has 14 nitrogen and oxygen atoms in total. The Morgan fingerprint density at radius 2 is 1.75 bits per heavy atom. The molecule has 1 aromatic carbocycles. The molecule has 0 spiro atoms. The first-order chi connectivity index (χ1) is 24.7. The fraction of sp³-hybridized carbons (Fsp3) is 0.568. The standard InChI is InChI=1S/C37H50N8O6/c1-25(2)21-28-36(48)45-20-12-14-29(45)37(49)44(3)30(22-26-23-38-18-19-39-26)35(47)40-17-11-7-5-4-6-8-16-33-42-32(43-51-33)24-50-31-15-10-9-13-27(31)34(46)41-28/h9-10,13,15,18-19,23,25,28-30H,4-8,11-12,14,16-17,20-22,24H2,1-3H3,(H,40,47)(H,41,46)/t28-,29-,30+/m1/s1. The zero-order valence-electron chi connectivity index (χ0n) is 29.9. The molecule has 51 heavy (non-hydrogen) atoms. The minimum atomic E-state index is -0.888. The molecule has 2 bridgehead atoms. The Morgan fingerprint density at radius 3 is 2.53 bits per heavy atom. The summed E-state index contributed by atoms with van der Waals surface area (Å²) >= 11 is 0. The highest BCUT2D eigenvalue weighted by atomic mass is 16.5. The lowest BCUT2D eigenvalue weighted by molar-refractivity contribution is -0.147. The lowest BCUT2D eigenvalue weighted by Crippen LogP contribution is -2.57. The predicted molar refractivity (Wildman–Crippen MR) is 187 cm³/mol. The maximum atomic E-state index is 14.2. The lowest BCUT2D eigenvalue weighted by atomic mass is 10.0. The quantitative estimate of drug-likeness (QED) is 0.409. The Morgan fingerprint density at radius 1 is 0.961 bits per heavy atom. The van der Waals surface area contributed by atoms with E-state index in [4.69, 9.17) is 9.26 Å².